The molecule has 0 unspecified atom stereocenters. The maximum atomic E-state index is 16.7. The molecule has 72 heavy (non-hydrogen) atoms. The van der Waals surface area contributed by atoms with E-state index >= 15 is 19.2 Å². The van der Waals surface area contributed by atoms with Gasteiger partial charge in [-0.1, -0.05) is 151 Å². The molecule has 3 heterocycles. The van der Waals surface area contributed by atoms with Crippen LogP contribution in [0, 0.1) is 17.8 Å². The normalized spacial score (nSPS) is 23.1. The van der Waals surface area contributed by atoms with Gasteiger partial charge in [0.25, 0.3) is 0 Å². The first kappa shape index (κ1) is 47.8. The second kappa shape index (κ2) is 20.9. The third kappa shape index (κ3) is 8.96. The highest BCUT2D eigenvalue weighted by Gasteiger charge is 2.75. The van der Waals surface area contributed by atoms with Gasteiger partial charge < -0.3 is 30.3 Å². The molecule has 0 bridgehead atoms. The van der Waals surface area contributed by atoms with E-state index in [1.54, 1.807) is 54.6 Å². The summed E-state index contributed by atoms with van der Waals surface area (Å²) in [5.74, 6) is 3.44. The fourth-order valence-corrected chi connectivity index (χ4v) is 11.2. The largest absolute Gasteiger partial charge is 0.491 e. The monoisotopic (exact) mass is 960 g/mol. The number of amides is 4. The Morgan fingerprint density at radius 1 is 0.778 bits per heavy atom. The number of morpholine rings is 1. The van der Waals surface area contributed by atoms with Crippen LogP contribution >= 0.6 is 0 Å². The van der Waals surface area contributed by atoms with Gasteiger partial charge in [-0.05, 0) is 102 Å². The first-order chi connectivity index (χ1) is 35.2. The third-order valence-corrected chi connectivity index (χ3v) is 14.5. The van der Waals surface area contributed by atoms with Crippen molar-refractivity contribution >= 4 is 29.5 Å². The van der Waals surface area contributed by atoms with Crippen LogP contribution in [0.25, 0.3) is 0 Å². The Morgan fingerprint density at radius 3 is 2.08 bits per heavy atom. The van der Waals surface area contributed by atoms with Crippen LogP contribution in [-0.2, 0) is 24.5 Å². The van der Waals surface area contributed by atoms with Crippen LogP contribution < -0.4 is 20.3 Å². The number of imide groups is 1. The van der Waals surface area contributed by atoms with Crippen molar-refractivity contribution in [3.05, 3.63) is 214 Å². The standard InChI is InChI=1S/C60H56N4O8/c1-39(42-19-9-3-10-20-42)62-59(70)63-49-34-29-41(28-27-40-17-7-2-8-18-40)37-48(49)60(58(63)69)51(56(67)61-38-50(66)43-21-11-4-12-22-43)53-57(68)72-54(45-25-15-6-16-26-45)52(44-23-13-5-14-24-44)64(53)55(60)46-30-32-47(33-31-46)71-36-35-65/h3-6,9-17,19-26,29-34,37,39,50-55,65-66H,2,7-8,18,35-36,38H2,1H3,(H,61,67)(H,62,70)/t39-,50+,51+,52+,53+,54-,55-,60+/m1/s1. The number of ether oxygens (including phenoxy) is 2. The number of carbonyl (C=O) groups is 4. The Hall–Kier alpha value is -7.82. The van der Waals surface area contributed by atoms with E-state index in [1.165, 1.54) is 0 Å². The van der Waals surface area contributed by atoms with E-state index in [2.05, 4.69) is 28.6 Å². The number of benzene rings is 6. The first-order valence-corrected chi connectivity index (χ1v) is 24.7. The summed E-state index contributed by atoms with van der Waals surface area (Å²) in [7, 11) is 0. The number of carbonyl (C=O) groups excluding carboxylic acids is 4. The van der Waals surface area contributed by atoms with Crippen LogP contribution in [0.5, 0.6) is 5.75 Å². The molecule has 364 valence electrons. The zero-order valence-corrected chi connectivity index (χ0v) is 39.9. The average Bonchev–Trinajstić information content (AvgIpc) is 3.89. The lowest BCUT2D eigenvalue weighted by Gasteiger charge is -2.46. The summed E-state index contributed by atoms with van der Waals surface area (Å²) in [6, 6.07) is 45.0. The molecule has 4 aliphatic rings. The predicted octanol–water partition coefficient (Wildman–Crippen LogP) is 8.90. The van der Waals surface area contributed by atoms with E-state index in [1.807, 2.05) is 121 Å². The molecule has 0 aromatic heterocycles. The van der Waals surface area contributed by atoms with Gasteiger partial charge in [-0.15, -0.1) is 0 Å². The van der Waals surface area contributed by atoms with Crippen molar-refractivity contribution in [3.8, 4) is 17.6 Å². The lowest BCUT2D eigenvalue weighted by atomic mass is 9.65. The maximum absolute atomic E-state index is 16.7. The molecule has 8 atom stereocenters. The number of fused-ring (bicyclic) bond motifs is 3. The number of urea groups is 1. The zero-order chi connectivity index (χ0) is 49.8. The smallest absolute Gasteiger partial charge is 0.329 e. The second-order valence-electron chi connectivity index (χ2n) is 18.8. The van der Waals surface area contributed by atoms with Crippen molar-refractivity contribution in [2.75, 3.05) is 24.7 Å². The number of rotatable bonds is 12. The van der Waals surface area contributed by atoms with Crippen molar-refractivity contribution in [1.82, 2.24) is 15.5 Å². The molecular weight excluding hydrogens is 905 g/mol. The Bertz CT molecular complexity index is 3030. The van der Waals surface area contributed by atoms with Gasteiger partial charge >= 0.3 is 12.0 Å². The Kier molecular flexibility index (Phi) is 13.9. The molecule has 0 saturated carbocycles. The lowest BCUT2D eigenvalue weighted by Crippen LogP contribution is -2.56. The molecular formula is C60H56N4O8. The van der Waals surface area contributed by atoms with Crippen molar-refractivity contribution in [3.63, 3.8) is 0 Å². The average molecular weight is 961 g/mol. The number of cyclic esters (lactones) is 1. The number of allylic oxidation sites excluding steroid dienone is 2. The fraction of sp³-hybridized carbons (Fsp3) is 0.267. The number of hydrogen-bond donors (Lipinski definition) is 4. The van der Waals surface area contributed by atoms with Crippen LogP contribution in [0.2, 0.25) is 0 Å². The van der Waals surface area contributed by atoms with E-state index in [0.29, 0.717) is 33.6 Å². The van der Waals surface area contributed by atoms with Gasteiger partial charge in [0.15, 0.2) is 0 Å². The molecule has 2 saturated heterocycles. The van der Waals surface area contributed by atoms with E-state index in [9.17, 15) is 10.2 Å². The summed E-state index contributed by atoms with van der Waals surface area (Å²) >= 11 is 0. The van der Waals surface area contributed by atoms with Crippen LogP contribution in [0.1, 0.15) is 102 Å². The molecule has 3 aliphatic heterocycles. The Balaban J connectivity index is 1.23. The highest BCUT2D eigenvalue weighted by molar-refractivity contribution is 6.24. The topological polar surface area (TPSA) is 158 Å². The molecule has 12 nitrogen and oxygen atoms in total. The van der Waals surface area contributed by atoms with Gasteiger partial charge in [0, 0.05) is 12.1 Å². The van der Waals surface area contributed by atoms with Crippen molar-refractivity contribution in [2.24, 2.45) is 5.92 Å². The minimum absolute atomic E-state index is 0.0384. The van der Waals surface area contributed by atoms with Crippen LogP contribution in [-0.4, -0.2) is 64.7 Å². The molecule has 0 radical (unpaired) electrons. The highest BCUT2D eigenvalue weighted by atomic mass is 16.6. The maximum Gasteiger partial charge on any atom is 0.329 e. The molecule has 12 heteroatoms. The number of aliphatic hydroxyl groups is 2. The number of hydrogen-bond acceptors (Lipinski definition) is 9. The van der Waals surface area contributed by atoms with Gasteiger partial charge in [0.1, 0.15) is 29.9 Å². The fourth-order valence-electron chi connectivity index (χ4n) is 11.2. The number of nitrogens with one attached hydrogen (secondary N) is 2. The van der Waals surface area contributed by atoms with Gasteiger partial charge in [-0.2, -0.15) is 0 Å². The number of aliphatic hydroxyl groups excluding tert-OH is 2. The molecule has 1 aliphatic carbocycles. The number of nitrogens with zero attached hydrogens (tertiary/aromatic N) is 2. The highest BCUT2D eigenvalue weighted by Crippen LogP contribution is 2.66. The summed E-state index contributed by atoms with van der Waals surface area (Å²) < 4.78 is 12.5. The van der Waals surface area contributed by atoms with Gasteiger partial charge in [0.2, 0.25) is 11.8 Å². The summed E-state index contributed by atoms with van der Waals surface area (Å²) in [5.41, 5.74) is 3.45. The number of anilines is 1. The molecule has 4 N–H and O–H groups in total. The zero-order valence-electron chi connectivity index (χ0n) is 39.9. The lowest BCUT2D eigenvalue weighted by molar-refractivity contribution is -0.178. The molecule has 6 aromatic carbocycles. The summed E-state index contributed by atoms with van der Waals surface area (Å²) in [6.45, 7) is 1.40. The SMILES string of the molecule is C[C@@H](NC(=O)N1C(=O)[C@@]2(c3cc(C#CC4=CCCCC4)ccc31)[C@H](C(=O)NC[C@H](O)c1ccccc1)[C@H]1C(=O)O[C@H](c3ccccc3)[C@H](c3ccccc3)N1[C@@H]2c1ccc(OCCO)cc1)c1ccccc1. The summed E-state index contributed by atoms with van der Waals surface area (Å²) in [5, 5.41) is 27.3. The predicted molar refractivity (Wildman–Crippen MR) is 272 cm³/mol. The van der Waals surface area contributed by atoms with E-state index < -0.39 is 71.5 Å². The number of esters is 1. The third-order valence-electron chi connectivity index (χ3n) is 14.5. The minimum Gasteiger partial charge on any atom is -0.491 e. The molecule has 4 amide bonds. The Labute approximate surface area is 419 Å². The molecule has 10 rings (SSSR count). The molecule has 6 aromatic rings. The van der Waals surface area contributed by atoms with Crippen LogP contribution in [0.3, 0.4) is 0 Å². The van der Waals surface area contributed by atoms with E-state index in [0.717, 1.165) is 47.3 Å². The van der Waals surface area contributed by atoms with Crippen LogP contribution in [0.4, 0.5) is 10.5 Å². The molecule has 1 spiro atoms. The van der Waals surface area contributed by atoms with Crippen molar-refractivity contribution in [1.29, 1.82) is 0 Å². The minimum atomic E-state index is -2.04. The second-order valence-corrected chi connectivity index (χ2v) is 18.8. The van der Waals surface area contributed by atoms with Crippen LogP contribution in [0.15, 0.2) is 175 Å². The van der Waals surface area contributed by atoms with E-state index in [4.69, 9.17) is 9.47 Å². The molecule has 2 fully saturated rings. The first-order valence-electron chi connectivity index (χ1n) is 24.7. The Morgan fingerprint density at radius 2 is 1.43 bits per heavy atom. The summed E-state index contributed by atoms with van der Waals surface area (Å²) in [6.07, 6.45) is 3.96. The summed E-state index contributed by atoms with van der Waals surface area (Å²) in [4.78, 5) is 66.4. The van der Waals surface area contributed by atoms with Gasteiger partial charge in [0.05, 0.1) is 42.4 Å². The van der Waals surface area contributed by atoms with Gasteiger partial charge in [-0.3, -0.25) is 19.3 Å². The quantitative estimate of drug-likeness (QED) is 0.0695. The van der Waals surface area contributed by atoms with E-state index in [-0.39, 0.29) is 25.4 Å². The van der Waals surface area contributed by atoms with Gasteiger partial charge in [-0.25, -0.2) is 9.69 Å². The van der Waals surface area contributed by atoms with Crippen molar-refractivity contribution < 1.29 is 38.9 Å². The van der Waals surface area contributed by atoms with Crippen molar-refractivity contribution in [2.45, 2.75) is 74.4 Å².